The molecule has 1 unspecified atom stereocenters. The highest BCUT2D eigenvalue weighted by atomic mass is 16.5. The summed E-state index contributed by atoms with van der Waals surface area (Å²) in [7, 11) is 1.30. The van der Waals surface area contributed by atoms with E-state index in [1.54, 1.807) is 6.92 Å². The van der Waals surface area contributed by atoms with Gasteiger partial charge in [0.25, 0.3) is 5.91 Å². The van der Waals surface area contributed by atoms with Crippen molar-refractivity contribution in [2.45, 2.75) is 19.5 Å². The van der Waals surface area contributed by atoms with Gasteiger partial charge in [-0.1, -0.05) is 48.5 Å². The van der Waals surface area contributed by atoms with Gasteiger partial charge in [-0.2, -0.15) is 0 Å². The molecule has 0 saturated heterocycles. The molecule has 0 fully saturated rings. The fourth-order valence-corrected chi connectivity index (χ4v) is 2.85. The summed E-state index contributed by atoms with van der Waals surface area (Å²) in [5, 5.41) is 3.54. The first-order valence-corrected chi connectivity index (χ1v) is 8.10. The zero-order valence-electron chi connectivity index (χ0n) is 14.2. The Bertz CT molecular complexity index is 900. The molecule has 2 aromatic carbocycles. The van der Waals surface area contributed by atoms with Crippen molar-refractivity contribution in [3.63, 3.8) is 0 Å². The van der Waals surface area contributed by atoms with Crippen LogP contribution in [0.25, 0.3) is 10.9 Å². The number of nitrogens with zero attached hydrogens (tertiary/aromatic N) is 1. The first kappa shape index (κ1) is 16.8. The molecule has 1 amide bonds. The second kappa shape index (κ2) is 7.21. The number of fused-ring (bicyclic) bond motifs is 1. The summed E-state index contributed by atoms with van der Waals surface area (Å²) in [6.07, 6.45) is 1.83. The predicted octanol–water partition coefficient (Wildman–Crippen LogP) is 2.98. The van der Waals surface area contributed by atoms with Gasteiger partial charge in [-0.25, -0.2) is 4.79 Å². The molecule has 0 aliphatic carbocycles. The Balaban J connectivity index is 1.93. The summed E-state index contributed by atoms with van der Waals surface area (Å²) in [5.41, 5.74) is 2.67. The molecule has 25 heavy (non-hydrogen) atoms. The van der Waals surface area contributed by atoms with Crippen molar-refractivity contribution in [1.82, 2.24) is 9.88 Å². The Labute approximate surface area is 146 Å². The van der Waals surface area contributed by atoms with Gasteiger partial charge >= 0.3 is 5.97 Å². The maximum Gasteiger partial charge on any atom is 0.328 e. The highest BCUT2D eigenvalue weighted by Crippen LogP contribution is 2.22. The van der Waals surface area contributed by atoms with Gasteiger partial charge in [-0.05, 0) is 18.6 Å². The van der Waals surface area contributed by atoms with Crippen LogP contribution >= 0.6 is 0 Å². The quantitative estimate of drug-likeness (QED) is 0.729. The van der Waals surface area contributed by atoms with E-state index in [0.29, 0.717) is 12.1 Å². The van der Waals surface area contributed by atoms with Gasteiger partial charge in [0.2, 0.25) is 0 Å². The van der Waals surface area contributed by atoms with Crippen molar-refractivity contribution in [2.24, 2.45) is 0 Å². The van der Waals surface area contributed by atoms with Crippen molar-refractivity contribution < 1.29 is 14.3 Å². The van der Waals surface area contributed by atoms with E-state index in [1.165, 1.54) is 7.11 Å². The lowest BCUT2D eigenvalue weighted by Crippen LogP contribution is -2.39. The number of carbonyl (C=O) groups is 2. The molecule has 0 spiro atoms. The van der Waals surface area contributed by atoms with Gasteiger partial charge < -0.3 is 14.6 Å². The number of methoxy groups -OCH3 is 1. The SMILES string of the molecule is COC(=O)C(C)NC(=O)c1cn(Cc2ccccc2)c2ccccc12. The molecule has 1 heterocycles. The van der Waals surface area contributed by atoms with E-state index in [1.807, 2.05) is 65.4 Å². The number of amides is 1. The van der Waals surface area contributed by atoms with Crippen LogP contribution in [0.5, 0.6) is 0 Å². The summed E-state index contributed by atoms with van der Waals surface area (Å²) < 4.78 is 6.71. The molecule has 0 radical (unpaired) electrons. The number of hydrogen-bond acceptors (Lipinski definition) is 3. The van der Waals surface area contributed by atoms with E-state index in [9.17, 15) is 9.59 Å². The minimum Gasteiger partial charge on any atom is -0.467 e. The molecule has 5 nitrogen and oxygen atoms in total. The standard InChI is InChI=1S/C20H20N2O3/c1-14(20(24)25-2)21-19(23)17-13-22(12-15-8-4-3-5-9-15)18-11-7-6-10-16(17)18/h3-11,13-14H,12H2,1-2H3,(H,21,23). The van der Waals surface area contributed by atoms with E-state index < -0.39 is 12.0 Å². The number of aromatic nitrogens is 1. The predicted molar refractivity (Wildman–Crippen MR) is 96.4 cm³/mol. The third kappa shape index (κ3) is 3.55. The van der Waals surface area contributed by atoms with Gasteiger partial charge in [0.1, 0.15) is 6.04 Å². The molecule has 5 heteroatoms. The molecule has 0 bridgehead atoms. The van der Waals surface area contributed by atoms with E-state index in [2.05, 4.69) is 10.1 Å². The average Bonchev–Trinajstić information content (AvgIpc) is 3.00. The second-order valence-electron chi connectivity index (χ2n) is 5.89. The minimum atomic E-state index is -0.700. The minimum absolute atomic E-state index is 0.291. The fraction of sp³-hybridized carbons (Fsp3) is 0.200. The largest absolute Gasteiger partial charge is 0.467 e. The second-order valence-corrected chi connectivity index (χ2v) is 5.89. The molecule has 3 aromatic rings. The molecule has 128 valence electrons. The lowest BCUT2D eigenvalue weighted by molar-refractivity contribution is -0.142. The van der Waals surface area contributed by atoms with Crippen LogP contribution in [0.2, 0.25) is 0 Å². The van der Waals surface area contributed by atoms with Crippen molar-refractivity contribution in [3.8, 4) is 0 Å². The Kier molecular flexibility index (Phi) is 4.84. The average molecular weight is 336 g/mol. The first-order valence-electron chi connectivity index (χ1n) is 8.10. The molecule has 1 N–H and O–H groups in total. The van der Waals surface area contributed by atoms with Crippen LogP contribution in [0.4, 0.5) is 0 Å². The molecule has 0 aliphatic heterocycles. The Morgan fingerprint density at radius 1 is 1.08 bits per heavy atom. The number of carbonyl (C=O) groups excluding carboxylic acids is 2. The zero-order chi connectivity index (χ0) is 17.8. The number of benzene rings is 2. The Morgan fingerprint density at radius 3 is 2.48 bits per heavy atom. The third-order valence-corrected chi connectivity index (χ3v) is 4.13. The van der Waals surface area contributed by atoms with Crippen LogP contribution in [-0.4, -0.2) is 29.6 Å². The molecule has 1 atom stereocenters. The van der Waals surface area contributed by atoms with Gasteiger partial charge in [0, 0.05) is 23.6 Å². The van der Waals surface area contributed by atoms with Gasteiger partial charge in [0.05, 0.1) is 12.7 Å². The molecular weight excluding hydrogens is 316 g/mol. The number of hydrogen-bond donors (Lipinski definition) is 1. The monoisotopic (exact) mass is 336 g/mol. The Hall–Kier alpha value is -3.08. The van der Waals surface area contributed by atoms with E-state index in [4.69, 9.17) is 0 Å². The van der Waals surface area contributed by atoms with Crippen LogP contribution in [0.15, 0.2) is 60.8 Å². The normalized spacial score (nSPS) is 11.9. The molecule has 0 aliphatic rings. The van der Waals surface area contributed by atoms with Gasteiger partial charge in [0.15, 0.2) is 0 Å². The summed E-state index contributed by atoms with van der Waals surface area (Å²) in [5.74, 6) is -0.762. The van der Waals surface area contributed by atoms with Crippen molar-refractivity contribution >= 4 is 22.8 Å². The molecule has 1 aromatic heterocycles. The summed E-state index contributed by atoms with van der Waals surface area (Å²) in [6, 6.07) is 17.1. The van der Waals surface area contributed by atoms with Crippen LogP contribution < -0.4 is 5.32 Å². The molecular formula is C20H20N2O3. The summed E-state index contributed by atoms with van der Waals surface area (Å²) >= 11 is 0. The number of esters is 1. The molecule has 0 saturated carbocycles. The van der Waals surface area contributed by atoms with Crippen molar-refractivity contribution in [2.75, 3.05) is 7.11 Å². The highest BCUT2D eigenvalue weighted by Gasteiger charge is 2.20. The lowest BCUT2D eigenvalue weighted by atomic mass is 10.1. The zero-order valence-corrected chi connectivity index (χ0v) is 14.2. The van der Waals surface area contributed by atoms with E-state index in [0.717, 1.165) is 16.5 Å². The highest BCUT2D eigenvalue weighted by molar-refractivity contribution is 6.07. The third-order valence-electron chi connectivity index (χ3n) is 4.13. The smallest absolute Gasteiger partial charge is 0.328 e. The number of para-hydroxylation sites is 1. The maximum atomic E-state index is 12.6. The Morgan fingerprint density at radius 2 is 1.76 bits per heavy atom. The van der Waals surface area contributed by atoms with Crippen LogP contribution in [0.3, 0.4) is 0 Å². The molecule has 3 rings (SSSR count). The number of nitrogens with one attached hydrogen (secondary N) is 1. The topological polar surface area (TPSA) is 60.3 Å². The summed E-state index contributed by atoms with van der Waals surface area (Å²) in [6.45, 7) is 2.27. The van der Waals surface area contributed by atoms with Crippen LogP contribution in [0.1, 0.15) is 22.8 Å². The summed E-state index contributed by atoms with van der Waals surface area (Å²) in [4.78, 5) is 24.2. The first-order chi connectivity index (χ1) is 12.1. The fourth-order valence-electron chi connectivity index (χ4n) is 2.85. The van der Waals surface area contributed by atoms with Gasteiger partial charge in [-0.3, -0.25) is 4.79 Å². The number of rotatable bonds is 5. The van der Waals surface area contributed by atoms with Crippen LogP contribution in [-0.2, 0) is 16.1 Å². The van der Waals surface area contributed by atoms with E-state index in [-0.39, 0.29) is 5.91 Å². The van der Waals surface area contributed by atoms with Crippen molar-refractivity contribution in [3.05, 3.63) is 71.9 Å². The van der Waals surface area contributed by atoms with Gasteiger partial charge in [-0.15, -0.1) is 0 Å². The van der Waals surface area contributed by atoms with E-state index >= 15 is 0 Å². The maximum absolute atomic E-state index is 12.6. The number of ether oxygens (including phenoxy) is 1. The van der Waals surface area contributed by atoms with Crippen molar-refractivity contribution in [1.29, 1.82) is 0 Å². The van der Waals surface area contributed by atoms with Crippen LogP contribution in [0, 0.1) is 0 Å². The lowest BCUT2D eigenvalue weighted by Gasteiger charge is -2.10.